The molecule has 0 saturated carbocycles. The molecule has 1 atom stereocenters. The summed E-state index contributed by atoms with van der Waals surface area (Å²) in [7, 11) is 0. The van der Waals surface area contributed by atoms with Gasteiger partial charge in [0.15, 0.2) is 0 Å². The molecule has 1 unspecified atom stereocenters. The highest BCUT2D eigenvalue weighted by Gasteiger charge is 2.31. The summed E-state index contributed by atoms with van der Waals surface area (Å²) < 4.78 is 0. The Balaban J connectivity index is 2.59. The van der Waals surface area contributed by atoms with Crippen LogP contribution in [-0.2, 0) is 0 Å². The molecule has 0 radical (unpaired) electrons. The number of nitrogens with zero attached hydrogens (tertiary/aromatic N) is 1. The molecule has 1 aliphatic rings. The van der Waals surface area contributed by atoms with E-state index in [1.165, 1.54) is 71.1 Å². The monoisotopic (exact) mass is 268 g/mol. The van der Waals surface area contributed by atoms with Gasteiger partial charge in [-0.15, -0.1) is 0 Å². The van der Waals surface area contributed by atoms with Gasteiger partial charge in [-0.2, -0.15) is 0 Å². The van der Waals surface area contributed by atoms with Crippen LogP contribution in [0.4, 0.5) is 0 Å². The van der Waals surface area contributed by atoms with Crippen molar-refractivity contribution in [1.29, 1.82) is 0 Å². The molecule has 2 nitrogen and oxygen atoms in total. The lowest BCUT2D eigenvalue weighted by molar-refractivity contribution is 0.0711. The smallest absolute Gasteiger partial charge is 0.00928 e. The van der Waals surface area contributed by atoms with Gasteiger partial charge in [0.25, 0.3) is 0 Å². The van der Waals surface area contributed by atoms with E-state index in [0.29, 0.717) is 5.41 Å². The number of hydrogen-bond acceptors (Lipinski definition) is 2. The van der Waals surface area contributed by atoms with Crippen molar-refractivity contribution in [2.45, 2.75) is 78.7 Å². The largest absolute Gasteiger partial charge is 0.316 e. The SMILES string of the molecule is CCCNCC(CC)(CC)CN1CCCCC1CC. The van der Waals surface area contributed by atoms with Crippen molar-refractivity contribution < 1.29 is 0 Å². The maximum absolute atomic E-state index is 3.67. The maximum Gasteiger partial charge on any atom is 0.00928 e. The Morgan fingerprint density at radius 3 is 2.42 bits per heavy atom. The van der Waals surface area contributed by atoms with Crippen molar-refractivity contribution in [2.24, 2.45) is 5.41 Å². The van der Waals surface area contributed by atoms with Crippen molar-refractivity contribution in [3.05, 3.63) is 0 Å². The van der Waals surface area contributed by atoms with E-state index in [-0.39, 0.29) is 0 Å². The zero-order valence-electron chi connectivity index (χ0n) is 13.8. The standard InChI is InChI=1S/C17H36N2/c1-5-12-18-14-17(7-3,8-4)15-19-13-10-9-11-16(19)6-2/h16,18H,5-15H2,1-4H3. The fourth-order valence-corrected chi connectivity index (χ4v) is 3.47. The molecular formula is C17H36N2. The molecule has 1 N–H and O–H groups in total. The lowest BCUT2D eigenvalue weighted by Crippen LogP contribution is -2.49. The number of piperidine rings is 1. The predicted octanol–water partition coefficient (Wildman–Crippen LogP) is 4.06. The van der Waals surface area contributed by atoms with Crippen LogP contribution >= 0.6 is 0 Å². The summed E-state index contributed by atoms with van der Waals surface area (Å²) in [5.74, 6) is 0. The molecule has 19 heavy (non-hydrogen) atoms. The molecular weight excluding hydrogens is 232 g/mol. The number of likely N-dealkylation sites (tertiary alicyclic amines) is 1. The summed E-state index contributed by atoms with van der Waals surface area (Å²) in [4.78, 5) is 2.80. The van der Waals surface area contributed by atoms with E-state index in [1.807, 2.05) is 0 Å². The van der Waals surface area contributed by atoms with E-state index in [4.69, 9.17) is 0 Å². The molecule has 0 spiro atoms. The van der Waals surface area contributed by atoms with E-state index in [0.717, 1.165) is 6.04 Å². The average Bonchev–Trinajstić information content (AvgIpc) is 2.47. The van der Waals surface area contributed by atoms with Gasteiger partial charge in [-0.25, -0.2) is 0 Å². The Kier molecular flexibility index (Phi) is 8.01. The number of nitrogens with one attached hydrogen (secondary N) is 1. The third-order valence-corrected chi connectivity index (χ3v) is 5.19. The molecule has 0 aromatic carbocycles. The second-order valence-electron chi connectivity index (χ2n) is 6.41. The molecule has 1 aliphatic heterocycles. The molecule has 1 rings (SSSR count). The molecule has 0 aromatic heterocycles. The van der Waals surface area contributed by atoms with Crippen LogP contribution < -0.4 is 5.32 Å². The summed E-state index contributed by atoms with van der Waals surface area (Å²) in [6.45, 7) is 14.4. The Hall–Kier alpha value is -0.0800. The molecule has 2 heteroatoms. The highest BCUT2D eigenvalue weighted by atomic mass is 15.2. The van der Waals surface area contributed by atoms with Crippen molar-refractivity contribution in [3.63, 3.8) is 0 Å². The minimum atomic E-state index is 0.486. The van der Waals surface area contributed by atoms with E-state index >= 15 is 0 Å². The molecule has 0 aromatic rings. The summed E-state index contributed by atoms with van der Waals surface area (Å²) in [6.07, 6.45) is 9.43. The minimum Gasteiger partial charge on any atom is -0.316 e. The van der Waals surface area contributed by atoms with Gasteiger partial charge < -0.3 is 5.32 Å². The number of hydrogen-bond donors (Lipinski definition) is 1. The molecule has 1 fully saturated rings. The van der Waals surface area contributed by atoms with Gasteiger partial charge >= 0.3 is 0 Å². The highest BCUT2D eigenvalue weighted by Crippen LogP contribution is 2.30. The first kappa shape index (κ1) is 17.0. The first-order valence-electron chi connectivity index (χ1n) is 8.66. The highest BCUT2D eigenvalue weighted by molar-refractivity contribution is 4.86. The number of rotatable bonds is 9. The Morgan fingerprint density at radius 1 is 1.11 bits per heavy atom. The van der Waals surface area contributed by atoms with Crippen LogP contribution in [0.5, 0.6) is 0 Å². The Labute approximate surface area is 121 Å². The quantitative estimate of drug-likeness (QED) is 0.635. The summed E-state index contributed by atoms with van der Waals surface area (Å²) in [6, 6.07) is 0.845. The second-order valence-corrected chi connectivity index (χ2v) is 6.41. The van der Waals surface area contributed by atoms with Crippen LogP contribution in [0.15, 0.2) is 0 Å². The van der Waals surface area contributed by atoms with Crippen LogP contribution in [-0.4, -0.2) is 37.1 Å². The zero-order chi connectivity index (χ0) is 14.1. The van der Waals surface area contributed by atoms with Crippen molar-refractivity contribution >= 4 is 0 Å². The van der Waals surface area contributed by atoms with Crippen LogP contribution in [0, 0.1) is 5.41 Å². The molecule has 1 saturated heterocycles. The van der Waals surface area contributed by atoms with Gasteiger partial charge in [-0.05, 0) is 57.0 Å². The lowest BCUT2D eigenvalue weighted by Gasteiger charge is -2.43. The van der Waals surface area contributed by atoms with Gasteiger partial charge in [0.1, 0.15) is 0 Å². The van der Waals surface area contributed by atoms with Crippen LogP contribution in [0.2, 0.25) is 0 Å². The van der Waals surface area contributed by atoms with Crippen LogP contribution in [0.3, 0.4) is 0 Å². The third kappa shape index (κ3) is 5.07. The van der Waals surface area contributed by atoms with Crippen molar-refractivity contribution in [2.75, 3.05) is 26.2 Å². The van der Waals surface area contributed by atoms with Crippen molar-refractivity contribution in [3.8, 4) is 0 Å². The van der Waals surface area contributed by atoms with E-state index in [9.17, 15) is 0 Å². The Bertz CT molecular complexity index is 223. The van der Waals surface area contributed by atoms with Crippen LogP contribution in [0.1, 0.15) is 72.6 Å². The third-order valence-electron chi connectivity index (χ3n) is 5.19. The zero-order valence-corrected chi connectivity index (χ0v) is 13.8. The van der Waals surface area contributed by atoms with Crippen molar-refractivity contribution in [1.82, 2.24) is 10.2 Å². The first-order chi connectivity index (χ1) is 9.21. The average molecular weight is 268 g/mol. The van der Waals surface area contributed by atoms with Gasteiger partial charge in [-0.1, -0.05) is 34.1 Å². The molecule has 0 amide bonds. The maximum atomic E-state index is 3.67. The van der Waals surface area contributed by atoms with Crippen LogP contribution in [0.25, 0.3) is 0 Å². The molecule has 0 bridgehead atoms. The lowest BCUT2D eigenvalue weighted by atomic mass is 9.80. The van der Waals surface area contributed by atoms with E-state index < -0.39 is 0 Å². The Morgan fingerprint density at radius 2 is 1.84 bits per heavy atom. The molecule has 1 heterocycles. The predicted molar refractivity (Wildman–Crippen MR) is 85.7 cm³/mol. The first-order valence-corrected chi connectivity index (χ1v) is 8.66. The van der Waals surface area contributed by atoms with E-state index in [1.54, 1.807) is 0 Å². The topological polar surface area (TPSA) is 15.3 Å². The van der Waals surface area contributed by atoms with Gasteiger partial charge in [0.05, 0.1) is 0 Å². The van der Waals surface area contributed by atoms with Gasteiger partial charge in [-0.3, -0.25) is 4.90 Å². The van der Waals surface area contributed by atoms with Gasteiger partial charge in [0, 0.05) is 19.1 Å². The second kappa shape index (κ2) is 8.97. The summed E-state index contributed by atoms with van der Waals surface area (Å²) in [5.41, 5.74) is 0.486. The minimum absolute atomic E-state index is 0.486. The fraction of sp³-hybridized carbons (Fsp3) is 1.00. The summed E-state index contributed by atoms with van der Waals surface area (Å²) in [5, 5.41) is 3.67. The molecule has 114 valence electrons. The van der Waals surface area contributed by atoms with Gasteiger partial charge in [0.2, 0.25) is 0 Å². The normalized spacial score (nSPS) is 21.8. The van der Waals surface area contributed by atoms with E-state index in [2.05, 4.69) is 37.9 Å². The molecule has 0 aliphatic carbocycles. The summed E-state index contributed by atoms with van der Waals surface area (Å²) >= 11 is 0. The fourth-order valence-electron chi connectivity index (χ4n) is 3.47.